The van der Waals surface area contributed by atoms with Crippen molar-refractivity contribution in [1.82, 2.24) is 4.31 Å². The zero-order valence-electron chi connectivity index (χ0n) is 17.1. The lowest BCUT2D eigenvalue weighted by Crippen LogP contribution is -2.48. The Labute approximate surface area is 192 Å². The van der Waals surface area contributed by atoms with E-state index >= 15 is 0 Å². The van der Waals surface area contributed by atoms with Crippen molar-refractivity contribution in [2.75, 3.05) is 49.8 Å². The molecule has 0 atom stereocenters. The summed E-state index contributed by atoms with van der Waals surface area (Å²) in [7, 11) is -1.66. The largest absolute Gasteiger partial charge is 0.495 e. The van der Waals surface area contributed by atoms with Crippen LogP contribution in [0.2, 0.25) is 10.0 Å². The molecule has 2 aromatic rings. The molecule has 7 nitrogen and oxygen atoms in total. The predicted octanol–water partition coefficient (Wildman–Crippen LogP) is 3.74. The molecular weight excluding hydrogens is 461 g/mol. The van der Waals surface area contributed by atoms with Crippen LogP contribution in [0.5, 0.6) is 5.75 Å². The predicted molar refractivity (Wildman–Crippen MR) is 126 cm³/mol. The van der Waals surface area contributed by atoms with Gasteiger partial charge in [-0.05, 0) is 42.5 Å². The second kappa shape index (κ2) is 9.91. The lowest BCUT2D eigenvalue weighted by molar-refractivity contribution is -0.111. The number of carbonyl (C=O) groups is 1. The molecule has 1 aliphatic rings. The molecular formula is C21H23Cl2N3O4S. The molecule has 31 heavy (non-hydrogen) atoms. The van der Waals surface area contributed by atoms with Crippen LogP contribution in [-0.4, -0.2) is 58.2 Å². The van der Waals surface area contributed by atoms with Crippen molar-refractivity contribution >= 4 is 56.6 Å². The van der Waals surface area contributed by atoms with Gasteiger partial charge in [-0.3, -0.25) is 4.79 Å². The number of rotatable bonds is 6. The van der Waals surface area contributed by atoms with Crippen LogP contribution in [0.3, 0.4) is 0 Å². The van der Waals surface area contributed by atoms with E-state index < -0.39 is 10.0 Å². The molecule has 1 heterocycles. The zero-order valence-corrected chi connectivity index (χ0v) is 19.5. The number of nitrogens with zero attached hydrogens (tertiary/aromatic N) is 2. The number of hydrogen-bond donors (Lipinski definition) is 1. The third kappa shape index (κ3) is 6.13. The van der Waals surface area contributed by atoms with E-state index in [0.717, 1.165) is 5.69 Å². The summed E-state index contributed by atoms with van der Waals surface area (Å²) in [5, 5.41) is 3.60. The van der Waals surface area contributed by atoms with Crippen LogP contribution in [0, 0.1) is 0 Å². The van der Waals surface area contributed by atoms with E-state index in [1.807, 2.05) is 12.1 Å². The summed E-state index contributed by atoms with van der Waals surface area (Å²) in [5.41, 5.74) is 2.21. The third-order valence-corrected chi connectivity index (χ3v) is 6.67. The molecule has 0 spiro atoms. The van der Waals surface area contributed by atoms with Gasteiger partial charge in [0.1, 0.15) is 5.75 Å². The van der Waals surface area contributed by atoms with Gasteiger partial charge < -0.3 is 15.0 Å². The smallest absolute Gasteiger partial charge is 0.248 e. The molecule has 0 aromatic heterocycles. The van der Waals surface area contributed by atoms with Crippen LogP contribution in [0.4, 0.5) is 11.4 Å². The van der Waals surface area contributed by atoms with Gasteiger partial charge in [-0.25, -0.2) is 8.42 Å². The Morgan fingerprint density at radius 3 is 2.32 bits per heavy atom. The van der Waals surface area contributed by atoms with Gasteiger partial charge in [0.25, 0.3) is 0 Å². The number of methoxy groups -OCH3 is 1. The second-order valence-corrected chi connectivity index (χ2v) is 9.85. The summed E-state index contributed by atoms with van der Waals surface area (Å²) in [5.74, 6) is 0.128. The number of ether oxygens (including phenoxy) is 1. The maximum absolute atomic E-state index is 12.3. The van der Waals surface area contributed by atoms with Crippen LogP contribution in [0.15, 0.2) is 42.5 Å². The normalized spacial score (nSPS) is 15.3. The molecule has 0 saturated carbocycles. The summed E-state index contributed by atoms with van der Waals surface area (Å²) >= 11 is 12.1. The van der Waals surface area contributed by atoms with Crippen LogP contribution >= 0.6 is 23.2 Å². The molecule has 3 rings (SSSR count). The lowest BCUT2D eigenvalue weighted by atomic mass is 10.2. The Morgan fingerprint density at radius 2 is 1.74 bits per heavy atom. The number of piperazine rings is 1. The maximum atomic E-state index is 12.3. The quantitative estimate of drug-likeness (QED) is 0.633. The molecule has 1 saturated heterocycles. The molecule has 0 unspecified atom stereocenters. The van der Waals surface area contributed by atoms with Crippen LogP contribution in [0.1, 0.15) is 5.56 Å². The first-order valence-corrected chi connectivity index (χ1v) is 12.1. The van der Waals surface area contributed by atoms with Gasteiger partial charge in [0, 0.05) is 54.2 Å². The molecule has 1 fully saturated rings. The standard InChI is InChI=1S/C21H23Cl2N3O4S/c1-30-21-15(13-16(22)14-19(21)23)3-8-20(27)24-17-4-6-18(7-5-17)25-9-11-26(12-10-25)31(2,28)29/h3-8,13-14H,9-12H2,1-2H3,(H,24,27)/b8-3+. The topological polar surface area (TPSA) is 79.0 Å². The van der Waals surface area contributed by atoms with Gasteiger partial charge in [0.05, 0.1) is 18.4 Å². The highest BCUT2D eigenvalue weighted by Gasteiger charge is 2.23. The first-order valence-electron chi connectivity index (χ1n) is 9.49. The Bertz CT molecular complexity index is 1080. The van der Waals surface area contributed by atoms with E-state index in [2.05, 4.69) is 10.2 Å². The van der Waals surface area contributed by atoms with Gasteiger partial charge in [-0.2, -0.15) is 4.31 Å². The number of hydrogen-bond acceptors (Lipinski definition) is 5. The fourth-order valence-corrected chi connectivity index (χ4v) is 4.72. The Kier molecular flexibility index (Phi) is 7.48. The molecule has 0 bridgehead atoms. The summed E-state index contributed by atoms with van der Waals surface area (Å²) in [6.45, 7) is 2.15. The van der Waals surface area contributed by atoms with Crippen molar-refractivity contribution in [1.29, 1.82) is 0 Å². The number of benzene rings is 2. The average molecular weight is 484 g/mol. The Hall–Kier alpha value is -2.26. The number of sulfonamides is 1. The number of anilines is 2. The molecule has 1 N–H and O–H groups in total. The van der Waals surface area contributed by atoms with Crippen molar-refractivity contribution in [3.63, 3.8) is 0 Å². The van der Waals surface area contributed by atoms with Crippen molar-refractivity contribution in [3.05, 3.63) is 58.1 Å². The molecule has 0 aliphatic carbocycles. The summed E-state index contributed by atoms with van der Waals surface area (Å²) in [4.78, 5) is 14.4. The van der Waals surface area contributed by atoms with Gasteiger partial charge in [0.2, 0.25) is 15.9 Å². The lowest BCUT2D eigenvalue weighted by Gasteiger charge is -2.34. The van der Waals surface area contributed by atoms with E-state index in [0.29, 0.717) is 53.2 Å². The molecule has 10 heteroatoms. The fraction of sp³-hybridized carbons (Fsp3) is 0.286. The number of carbonyl (C=O) groups excluding carboxylic acids is 1. The number of nitrogens with one attached hydrogen (secondary N) is 1. The van der Waals surface area contributed by atoms with Crippen LogP contribution < -0.4 is 15.0 Å². The first kappa shape index (κ1) is 23.4. The highest BCUT2D eigenvalue weighted by atomic mass is 35.5. The minimum absolute atomic E-state index is 0.312. The van der Waals surface area contributed by atoms with Gasteiger partial charge in [0.15, 0.2) is 0 Å². The van der Waals surface area contributed by atoms with E-state index in [-0.39, 0.29) is 5.91 Å². The molecule has 0 radical (unpaired) electrons. The average Bonchev–Trinajstić information content (AvgIpc) is 2.72. The van der Waals surface area contributed by atoms with E-state index in [1.165, 1.54) is 23.7 Å². The third-order valence-electron chi connectivity index (χ3n) is 4.86. The Morgan fingerprint density at radius 1 is 1.10 bits per heavy atom. The van der Waals surface area contributed by atoms with Gasteiger partial charge in [-0.1, -0.05) is 23.2 Å². The number of amides is 1. The van der Waals surface area contributed by atoms with Gasteiger partial charge in [-0.15, -0.1) is 0 Å². The molecule has 1 aliphatic heterocycles. The minimum Gasteiger partial charge on any atom is -0.495 e. The minimum atomic E-state index is -3.16. The van der Waals surface area contributed by atoms with Crippen LogP contribution in [0.25, 0.3) is 6.08 Å². The summed E-state index contributed by atoms with van der Waals surface area (Å²) in [6.07, 6.45) is 4.19. The summed E-state index contributed by atoms with van der Waals surface area (Å²) < 4.78 is 30.0. The fourth-order valence-electron chi connectivity index (χ4n) is 3.30. The van der Waals surface area contributed by atoms with Crippen LogP contribution in [-0.2, 0) is 14.8 Å². The highest BCUT2D eigenvalue weighted by molar-refractivity contribution is 7.88. The van der Waals surface area contributed by atoms with Crippen molar-refractivity contribution in [3.8, 4) is 5.75 Å². The highest BCUT2D eigenvalue weighted by Crippen LogP contribution is 2.33. The SMILES string of the molecule is COc1c(Cl)cc(Cl)cc1/C=C/C(=O)Nc1ccc(N2CCN(S(C)(=O)=O)CC2)cc1. The van der Waals surface area contributed by atoms with Crippen molar-refractivity contribution in [2.24, 2.45) is 0 Å². The zero-order chi connectivity index (χ0) is 22.6. The first-order chi connectivity index (χ1) is 14.7. The van der Waals surface area contributed by atoms with Crippen molar-refractivity contribution < 1.29 is 17.9 Å². The van der Waals surface area contributed by atoms with Gasteiger partial charge >= 0.3 is 0 Å². The van der Waals surface area contributed by atoms with E-state index in [9.17, 15) is 13.2 Å². The van der Waals surface area contributed by atoms with E-state index in [4.69, 9.17) is 27.9 Å². The van der Waals surface area contributed by atoms with E-state index in [1.54, 1.807) is 30.3 Å². The molecule has 1 amide bonds. The summed E-state index contributed by atoms with van der Waals surface area (Å²) in [6, 6.07) is 10.6. The Balaban J connectivity index is 1.60. The maximum Gasteiger partial charge on any atom is 0.248 e. The number of halogens is 2. The van der Waals surface area contributed by atoms with Crippen molar-refractivity contribution in [2.45, 2.75) is 0 Å². The molecule has 2 aromatic carbocycles. The second-order valence-electron chi connectivity index (χ2n) is 7.03. The molecule has 166 valence electrons. The monoisotopic (exact) mass is 483 g/mol.